The SMILES string of the molecule is O=C1NCCN(C(=O)CC2CCCCC2)CCCN(C(=O)c2ccccc2)C2CCCC12. The summed E-state index contributed by atoms with van der Waals surface area (Å²) in [5.41, 5.74) is 0.665. The van der Waals surface area contributed by atoms with Gasteiger partial charge in [0.05, 0.1) is 5.92 Å². The van der Waals surface area contributed by atoms with Crippen LogP contribution in [0.1, 0.15) is 74.6 Å². The van der Waals surface area contributed by atoms with Crippen LogP contribution >= 0.6 is 0 Å². The van der Waals surface area contributed by atoms with Crippen LogP contribution in [-0.4, -0.2) is 59.7 Å². The summed E-state index contributed by atoms with van der Waals surface area (Å²) in [6.45, 7) is 2.26. The number of carbonyl (C=O) groups is 3. The van der Waals surface area contributed by atoms with Crippen LogP contribution in [0.25, 0.3) is 0 Å². The number of carbonyl (C=O) groups excluding carboxylic acids is 3. The second kappa shape index (κ2) is 11.0. The quantitative estimate of drug-likeness (QED) is 0.782. The summed E-state index contributed by atoms with van der Waals surface area (Å²) < 4.78 is 0. The molecule has 0 radical (unpaired) electrons. The van der Waals surface area contributed by atoms with E-state index in [1.165, 1.54) is 19.3 Å². The molecular weight excluding hydrogens is 402 g/mol. The molecule has 0 aromatic heterocycles. The Morgan fingerprint density at radius 2 is 1.66 bits per heavy atom. The molecule has 3 amide bonds. The summed E-state index contributed by atoms with van der Waals surface area (Å²) in [5, 5.41) is 3.07. The van der Waals surface area contributed by atoms with E-state index in [1.54, 1.807) is 0 Å². The van der Waals surface area contributed by atoms with Crippen molar-refractivity contribution in [1.82, 2.24) is 15.1 Å². The van der Waals surface area contributed by atoms with E-state index < -0.39 is 0 Å². The Bertz CT molecular complexity index is 791. The van der Waals surface area contributed by atoms with Crippen molar-refractivity contribution in [1.29, 1.82) is 0 Å². The number of fused-ring (bicyclic) bond motifs is 1. The fourth-order valence-corrected chi connectivity index (χ4v) is 5.79. The van der Waals surface area contributed by atoms with E-state index in [1.807, 2.05) is 40.1 Å². The van der Waals surface area contributed by atoms with Gasteiger partial charge in [-0.1, -0.05) is 43.9 Å². The van der Waals surface area contributed by atoms with E-state index >= 15 is 0 Å². The van der Waals surface area contributed by atoms with Crippen LogP contribution in [0.2, 0.25) is 0 Å². The van der Waals surface area contributed by atoms with Crippen LogP contribution in [0.15, 0.2) is 30.3 Å². The molecule has 1 aromatic rings. The Hall–Kier alpha value is -2.37. The van der Waals surface area contributed by atoms with Gasteiger partial charge in [0.15, 0.2) is 0 Å². The molecule has 0 bridgehead atoms. The lowest BCUT2D eigenvalue weighted by atomic mass is 9.86. The largest absolute Gasteiger partial charge is 0.354 e. The third-order valence-electron chi connectivity index (χ3n) is 7.55. The summed E-state index contributed by atoms with van der Waals surface area (Å²) >= 11 is 0. The fraction of sp³-hybridized carbons (Fsp3) is 0.654. The van der Waals surface area contributed by atoms with Gasteiger partial charge in [0.25, 0.3) is 5.91 Å². The molecule has 1 heterocycles. The smallest absolute Gasteiger partial charge is 0.254 e. The highest BCUT2D eigenvalue weighted by atomic mass is 16.2. The van der Waals surface area contributed by atoms with Crippen molar-refractivity contribution in [2.45, 2.75) is 70.3 Å². The molecule has 0 spiro atoms. The molecule has 2 atom stereocenters. The number of nitrogens with zero attached hydrogens (tertiary/aromatic N) is 2. The van der Waals surface area contributed by atoms with Crippen molar-refractivity contribution in [3.63, 3.8) is 0 Å². The first kappa shape index (κ1) is 22.8. The number of nitrogens with one attached hydrogen (secondary N) is 1. The second-order valence-electron chi connectivity index (χ2n) is 9.70. The van der Waals surface area contributed by atoms with Gasteiger partial charge in [-0.05, 0) is 50.2 Å². The van der Waals surface area contributed by atoms with Crippen LogP contribution in [0.5, 0.6) is 0 Å². The van der Waals surface area contributed by atoms with Crippen LogP contribution in [-0.2, 0) is 9.59 Å². The van der Waals surface area contributed by atoms with Crippen molar-refractivity contribution in [3.8, 4) is 0 Å². The van der Waals surface area contributed by atoms with Crippen molar-refractivity contribution in [2.24, 2.45) is 11.8 Å². The minimum Gasteiger partial charge on any atom is -0.354 e. The van der Waals surface area contributed by atoms with E-state index in [-0.39, 0.29) is 29.7 Å². The molecule has 32 heavy (non-hydrogen) atoms. The molecule has 3 fully saturated rings. The molecule has 6 nitrogen and oxygen atoms in total. The Morgan fingerprint density at radius 1 is 0.875 bits per heavy atom. The van der Waals surface area contributed by atoms with Gasteiger partial charge in [0, 0.05) is 44.2 Å². The highest BCUT2D eigenvalue weighted by molar-refractivity contribution is 5.95. The van der Waals surface area contributed by atoms with E-state index in [4.69, 9.17) is 0 Å². The van der Waals surface area contributed by atoms with Gasteiger partial charge in [-0.2, -0.15) is 0 Å². The molecule has 3 aliphatic rings. The minimum absolute atomic E-state index is 0.00497. The molecular formula is C26H37N3O3. The Balaban J connectivity index is 1.47. The molecule has 4 rings (SSSR count). The molecule has 2 aliphatic carbocycles. The first-order valence-electron chi connectivity index (χ1n) is 12.5. The predicted octanol–water partition coefficient (Wildman–Crippen LogP) is 3.62. The highest BCUT2D eigenvalue weighted by Crippen LogP contribution is 2.32. The zero-order chi connectivity index (χ0) is 22.3. The lowest BCUT2D eigenvalue weighted by Gasteiger charge is -2.33. The van der Waals surface area contributed by atoms with Crippen molar-refractivity contribution >= 4 is 17.7 Å². The third-order valence-corrected chi connectivity index (χ3v) is 7.55. The molecule has 1 aliphatic heterocycles. The second-order valence-corrected chi connectivity index (χ2v) is 9.70. The van der Waals surface area contributed by atoms with Gasteiger partial charge in [0.2, 0.25) is 11.8 Å². The summed E-state index contributed by atoms with van der Waals surface area (Å²) in [7, 11) is 0. The van der Waals surface area contributed by atoms with Crippen LogP contribution < -0.4 is 5.32 Å². The minimum atomic E-state index is -0.160. The van der Waals surface area contributed by atoms with E-state index in [0.29, 0.717) is 44.1 Å². The molecule has 174 valence electrons. The summed E-state index contributed by atoms with van der Waals surface area (Å²) in [6, 6.07) is 9.29. The van der Waals surface area contributed by atoms with Crippen molar-refractivity contribution < 1.29 is 14.4 Å². The summed E-state index contributed by atoms with van der Waals surface area (Å²) in [5.74, 6) is 0.563. The Labute approximate surface area is 191 Å². The number of hydrogen-bond acceptors (Lipinski definition) is 3. The van der Waals surface area contributed by atoms with Gasteiger partial charge in [-0.15, -0.1) is 0 Å². The first-order valence-corrected chi connectivity index (χ1v) is 12.5. The zero-order valence-electron chi connectivity index (χ0n) is 19.1. The molecule has 2 saturated carbocycles. The van der Waals surface area contributed by atoms with Crippen LogP contribution in [0.4, 0.5) is 0 Å². The predicted molar refractivity (Wildman–Crippen MR) is 124 cm³/mol. The maximum atomic E-state index is 13.4. The number of rotatable bonds is 3. The van der Waals surface area contributed by atoms with Crippen LogP contribution in [0, 0.1) is 11.8 Å². The maximum absolute atomic E-state index is 13.4. The van der Waals surface area contributed by atoms with E-state index in [9.17, 15) is 14.4 Å². The van der Waals surface area contributed by atoms with Gasteiger partial charge in [-0.3, -0.25) is 14.4 Å². The monoisotopic (exact) mass is 439 g/mol. The summed E-state index contributed by atoms with van der Waals surface area (Å²) in [6.07, 6.45) is 10.1. The van der Waals surface area contributed by atoms with E-state index in [2.05, 4.69) is 5.32 Å². The molecule has 1 saturated heterocycles. The normalized spacial score (nSPS) is 25.6. The van der Waals surface area contributed by atoms with Crippen molar-refractivity contribution in [2.75, 3.05) is 26.2 Å². The van der Waals surface area contributed by atoms with Gasteiger partial charge in [-0.25, -0.2) is 0 Å². The van der Waals surface area contributed by atoms with Gasteiger partial charge < -0.3 is 15.1 Å². The lowest BCUT2D eigenvalue weighted by Crippen LogP contribution is -2.47. The van der Waals surface area contributed by atoms with Gasteiger partial charge in [0.1, 0.15) is 0 Å². The topological polar surface area (TPSA) is 69.7 Å². The number of amides is 3. The average Bonchev–Trinajstić information content (AvgIpc) is 3.30. The number of benzene rings is 1. The molecule has 1 N–H and O–H groups in total. The van der Waals surface area contributed by atoms with E-state index in [0.717, 1.165) is 38.5 Å². The third kappa shape index (κ3) is 5.51. The Kier molecular flexibility index (Phi) is 7.82. The maximum Gasteiger partial charge on any atom is 0.254 e. The molecule has 1 aromatic carbocycles. The summed E-state index contributed by atoms with van der Waals surface area (Å²) in [4.78, 5) is 43.3. The van der Waals surface area contributed by atoms with Crippen molar-refractivity contribution in [3.05, 3.63) is 35.9 Å². The fourth-order valence-electron chi connectivity index (χ4n) is 5.79. The van der Waals surface area contributed by atoms with Gasteiger partial charge >= 0.3 is 0 Å². The number of hydrogen-bond donors (Lipinski definition) is 1. The molecule has 2 unspecified atom stereocenters. The standard InChI is InChI=1S/C26H37N3O3/c30-24(19-20-9-3-1-4-10-20)28-16-8-17-29(26(32)21-11-5-2-6-12-21)23-14-7-13-22(23)25(31)27-15-18-28/h2,5-6,11-12,20,22-23H,1,3-4,7-10,13-19H2,(H,27,31). The Morgan fingerprint density at radius 3 is 2.44 bits per heavy atom. The molecule has 6 heteroatoms. The zero-order valence-corrected chi connectivity index (χ0v) is 19.1. The first-order chi connectivity index (χ1) is 15.6. The average molecular weight is 440 g/mol. The highest BCUT2D eigenvalue weighted by Gasteiger charge is 2.39. The van der Waals surface area contributed by atoms with Crippen LogP contribution in [0.3, 0.4) is 0 Å². The lowest BCUT2D eigenvalue weighted by molar-refractivity contribution is -0.133.